The molecule has 2 N–H and O–H groups in total. The Morgan fingerprint density at radius 3 is 2.67 bits per heavy atom. The molecular formula is C16H15FN2OS. The van der Waals surface area contributed by atoms with Gasteiger partial charge in [0.25, 0.3) is 5.91 Å². The normalized spacial score (nSPS) is 20.2. The van der Waals surface area contributed by atoms with E-state index in [1.807, 2.05) is 0 Å². The third kappa shape index (κ3) is 2.12. The molecule has 1 atom stereocenters. The lowest BCUT2D eigenvalue weighted by atomic mass is 9.94. The molecule has 1 amide bonds. The van der Waals surface area contributed by atoms with E-state index in [2.05, 4.69) is 10.6 Å². The lowest BCUT2D eigenvalue weighted by Crippen LogP contribution is -2.38. The van der Waals surface area contributed by atoms with E-state index in [-0.39, 0.29) is 17.9 Å². The summed E-state index contributed by atoms with van der Waals surface area (Å²) < 4.78 is 13.0. The van der Waals surface area contributed by atoms with Crippen LogP contribution in [0.2, 0.25) is 0 Å². The Balaban J connectivity index is 1.70. The number of rotatable bonds is 1. The Labute approximate surface area is 126 Å². The van der Waals surface area contributed by atoms with Gasteiger partial charge in [-0.05, 0) is 48.9 Å². The second kappa shape index (κ2) is 4.84. The highest BCUT2D eigenvalue weighted by atomic mass is 32.1. The number of carbonyl (C=O) groups is 1. The Hall–Kier alpha value is -1.88. The van der Waals surface area contributed by atoms with E-state index in [4.69, 9.17) is 0 Å². The smallest absolute Gasteiger partial charge is 0.256 e. The summed E-state index contributed by atoms with van der Waals surface area (Å²) in [5, 5.41) is 7.32. The number of hydrogen-bond donors (Lipinski definition) is 2. The van der Waals surface area contributed by atoms with Crippen molar-refractivity contribution in [3.8, 4) is 0 Å². The highest BCUT2D eigenvalue weighted by molar-refractivity contribution is 7.16. The number of carbonyl (C=O) groups excluding carboxylic acids is 1. The van der Waals surface area contributed by atoms with Crippen LogP contribution >= 0.6 is 11.3 Å². The highest BCUT2D eigenvalue weighted by Gasteiger charge is 2.31. The van der Waals surface area contributed by atoms with Crippen molar-refractivity contribution in [1.82, 2.24) is 5.32 Å². The van der Waals surface area contributed by atoms with Crippen LogP contribution in [0.25, 0.3) is 0 Å². The largest absolute Gasteiger partial charge is 0.353 e. The first-order valence-corrected chi connectivity index (χ1v) is 8.01. The summed E-state index contributed by atoms with van der Waals surface area (Å²) in [6.07, 6.45) is 4.15. The van der Waals surface area contributed by atoms with Crippen molar-refractivity contribution in [2.75, 3.05) is 5.32 Å². The van der Waals surface area contributed by atoms with Crippen LogP contribution in [0.5, 0.6) is 0 Å². The first kappa shape index (κ1) is 12.8. The van der Waals surface area contributed by atoms with Gasteiger partial charge in [-0.3, -0.25) is 4.79 Å². The number of aryl methyl sites for hydroxylation is 1. The fourth-order valence-corrected chi connectivity index (χ4v) is 4.41. The van der Waals surface area contributed by atoms with Gasteiger partial charge in [0, 0.05) is 4.88 Å². The molecule has 5 heteroatoms. The molecule has 0 radical (unpaired) electrons. The number of benzene rings is 1. The number of nitrogens with one attached hydrogen (secondary N) is 2. The maximum absolute atomic E-state index is 13.0. The number of hydrogen-bond acceptors (Lipinski definition) is 3. The van der Waals surface area contributed by atoms with Gasteiger partial charge in [0.05, 0.1) is 5.56 Å². The minimum absolute atomic E-state index is 0.0162. The molecule has 0 bridgehead atoms. The number of fused-ring (bicyclic) bond motifs is 3. The van der Waals surface area contributed by atoms with Crippen molar-refractivity contribution < 1.29 is 9.18 Å². The van der Waals surface area contributed by atoms with Gasteiger partial charge in [0.1, 0.15) is 17.0 Å². The summed E-state index contributed by atoms with van der Waals surface area (Å²) in [5.74, 6) is -0.286. The SMILES string of the molecule is O=C1N[C@H](c2ccc(F)cc2)Nc2sc3c(c21)CCCC3. The standard InChI is InChI=1S/C16H15FN2OS/c17-10-7-5-9(6-8-10)14-18-15(20)13-11-3-1-2-4-12(11)21-16(13)19-14/h5-8,14,19H,1-4H2,(H,18,20)/t14-/m0/s1. The molecular weight excluding hydrogens is 287 g/mol. The molecule has 2 heterocycles. The van der Waals surface area contributed by atoms with Gasteiger partial charge in [0.2, 0.25) is 0 Å². The van der Waals surface area contributed by atoms with E-state index in [0.717, 1.165) is 35.4 Å². The summed E-state index contributed by atoms with van der Waals surface area (Å²) in [5.41, 5.74) is 2.92. The van der Waals surface area contributed by atoms with E-state index in [0.29, 0.717) is 0 Å². The van der Waals surface area contributed by atoms with Crippen molar-refractivity contribution in [3.63, 3.8) is 0 Å². The van der Waals surface area contributed by atoms with Crippen molar-refractivity contribution >= 4 is 22.2 Å². The van der Waals surface area contributed by atoms with Crippen LogP contribution < -0.4 is 10.6 Å². The Kier molecular flexibility index (Phi) is 2.96. The van der Waals surface area contributed by atoms with Crippen LogP contribution in [0.1, 0.15) is 45.4 Å². The fourth-order valence-electron chi connectivity index (χ4n) is 3.10. The lowest BCUT2D eigenvalue weighted by molar-refractivity contribution is 0.0935. The van der Waals surface area contributed by atoms with Crippen LogP contribution in [0.4, 0.5) is 9.39 Å². The number of anilines is 1. The fraction of sp³-hybridized carbons (Fsp3) is 0.312. The second-order valence-corrected chi connectivity index (χ2v) is 6.62. The summed E-state index contributed by atoms with van der Waals surface area (Å²) in [7, 11) is 0. The second-order valence-electron chi connectivity index (χ2n) is 5.52. The van der Waals surface area contributed by atoms with Gasteiger partial charge in [-0.25, -0.2) is 4.39 Å². The third-order valence-corrected chi connectivity index (χ3v) is 5.38. The van der Waals surface area contributed by atoms with Crippen LogP contribution in [-0.2, 0) is 12.8 Å². The van der Waals surface area contributed by atoms with Crippen LogP contribution in [0.15, 0.2) is 24.3 Å². The molecule has 3 nitrogen and oxygen atoms in total. The maximum atomic E-state index is 13.0. The van der Waals surface area contributed by atoms with E-state index in [9.17, 15) is 9.18 Å². The molecule has 0 saturated heterocycles. The van der Waals surface area contributed by atoms with E-state index in [1.165, 1.54) is 29.0 Å². The van der Waals surface area contributed by atoms with Gasteiger partial charge in [-0.1, -0.05) is 12.1 Å². The average Bonchev–Trinajstić information content (AvgIpc) is 2.86. The van der Waals surface area contributed by atoms with Gasteiger partial charge in [0.15, 0.2) is 0 Å². The summed E-state index contributed by atoms with van der Waals surface area (Å²) >= 11 is 1.70. The zero-order valence-corrected chi connectivity index (χ0v) is 12.2. The van der Waals surface area contributed by atoms with Crippen molar-refractivity contribution in [1.29, 1.82) is 0 Å². The quantitative estimate of drug-likeness (QED) is 0.845. The molecule has 108 valence electrons. The number of halogens is 1. The molecule has 1 aromatic heterocycles. The summed E-state index contributed by atoms with van der Waals surface area (Å²) in [6.45, 7) is 0. The molecule has 1 aromatic carbocycles. The zero-order chi connectivity index (χ0) is 14.4. The monoisotopic (exact) mass is 302 g/mol. The Bertz CT molecular complexity index is 708. The Morgan fingerprint density at radius 2 is 1.86 bits per heavy atom. The molecule has 0 saturated carbocycles. The average molecular weight is 302 g/mol. The molecule has 0 fully saturated rings. The lowest BCUT2D eigenvalue weighted by Gasteiger charge is -2.26. The molecule has 1 aliphatic heterocycles. The van der Waals surface area contributed by atoms with Gasteiger partial charge in [-0.15, -0.1) is 11.3 Å². The highest BCUT2D eigenvalue weighted by Crippen LogP contribution is 2.41. The topological polar surface area (TPSA) is 41.1 Å². The predicted octanol–water partition coefficient (Wildman–Crippen LogP) is 3.62. The molecule has 0 spiro atoms. The molecule has 4 rings (SSSR count). The number of thiophene rings is 1. The van der Waals surface area contributed by atoms with Gasteiger partial charge in [-0.2, -0.15) is 0 Å². The molecule has 21 heavy (non-hydrogen) atoms. The minimum atomic E-state index is -0.286. The van der Waals surface area contributed by atoms with E-state index >= 15 is 0 Å². The summed E-state index contributed by atoms with van der Waals surface area (Å²) in [6, 6.07) is 6.23. The van der Waals surface area contributed by atoms with Gasteiger partial charge < -0.3 is 10.6 Å². The van der Waals surface area contributed by atoms with Gasteiger partial charge >= 0.3 is 0 Å². The number of amides is 1. The van der Waals surface area contributed by atoms with E-state index in [1.54, 1.807) is 23.5 Å². The third-order valence-electron chi connectivity index (χ3n) is 4.15. The minimum Gasteiger partial charge on any atom is -0.353 e. The molecule has 0 unspecified atom stereocenters. The van der Waals surface area contributed by atoms with Crippen LogP contribution in [0, 0.1) is 5.82 Å². The first-order chi connectivity index (χ1) is 10.2. The first-order valence-electron chi connectivity index (χ1n) is 7.20. The molecule has 1 aliphatic carbocycles. The van der Waals surface area contributed by atoms with Crippen LogP contribution in [0.3, 0.4) is 0 Å². The van der Waals surface area contributed by atoms with Crippen molar-refractivity contribution in [2.24, 2.45) is 0 Å². The van der Waals surface area contributed by atoms with E-state index < -0.39 is 0 Å². The molecule has 2 aliphatic rings. The van der Waals surface area contributed by atoms with Crippen LogP contribution in [-0.4, -0.2) is 5.91 Å². The zero-order valence-electron chi connectivity index (χ0n) is 11.4. The summed E-state index contributed by atoms with van der Waals surface area (Å²) in [4.78, 5) is 13.8. The Morgan fingerprint density at radius 1 is 1.10 bits per heavy atom. The molecule has 2 aromatic rings. The van der Waals surface area contributed by atoms with Crippen molar-refractivity contribution in [3.05, 3.63) is 51.7 Å². The predicted molar refractivity (Wildman–Crippen MR) is 81.2 cm³/mol. The van der Waals surface area contributed by atoms with Crippen molar-refractivity contribution in [2.45, 2.75) is 31.8 Å². The maximum Gasteiger partial charge on any atom is 0.256 e.